The Balaban J connectivity index is 1.77. The lowest BCUT2D eigenvalue weighted by Crippen LogP contribution is -2.10. The number of benzene rings is 3. The highest BCUT2D eigenvalue weighted by molar-refractivity contribution is 7.87. The summed E-state index contributed by atoms with van der Waals surface area (Å²) in [5, 5.41) is 9.30. The lowest BCUT2D eigenvalue weighted by molar-refractivity contribution is 0.103. The summed E-state index contributed by atoms with van der Waals surface area (Å²) in [7, 11) is -4.04. The van der Waals surface area contributed by atoms with Crippen LogP contribution < -0.4 is 4.18 Å². The van der Waals surface area contributed by atoms with Crippen LogP contribution >= 0.6 is 11.6 Å². The van der Waals surface area contributed by atoms with Gasteiger partial charge in [0.05, 0.1) is 11.6 Å². The summed E-state index contributed by atoms with van der Waals surface area (Å²) in [4.78, 5) is 12.3. The van der Waals surface area contributed by atoms with E-state index in [2.05, 4.69) is 0 Å². The van der Waals surface area contributed by atoms with Crippen LogP contribution in [-0.2, 0) is 10.1 Å². The molecule has 0 amide bonds. The quantitative estimate of drug-likeness (QED) is 0.475. The molecule has 0 saturated heterocycles. The van der Waals surface area contributed by atoms with Crippen molar-refractivity contribution in [3.05, 3.63) is 94.5 Å². The predicted molar refractivity (Wildman–Crippen MR) is 100 cm³/mol. The molecule has 0 unspecified atom stereocenters. The summed E-state index contributed by atoms with van der Waals surface area (Å²) in [6.07, 6.45) is 0. The van der Waals surface area contributed by atoms with E-state index in [0.29, 0.717) is 21.7 Å². The van der Waals surface area contributed by atoms with Crippen molar-refractivity contribution in [2.75, 3.05) is 0 Å². The Labute approximate surface area is 161 Å². The van der Waals surface area contributed by atoms with Gasteiger partial charge in [0.2, 0.25) is 0 Å². The van der Waals surface area contributed by atoms with Crippen LogP contribution in [0.4, 0.5) is 0 Å². The molecule has 0 bridgehead atoms. The molecule has 3 rings (SSSR count). The van der Waals surface area contributed by atoms with Gasteiger partial charge in [-0.1, -0.05) is 11.6 Å². The smallest absolute Gasteiger partial charge is 0.339 e. The van der Waals surface area contributed by atoms with Crippen molar-refractivity contribution in [2.45, 2.75) is 4.90 Å². The first kappa shape index (κ1) is 18.6. The van der Waals surface area contributed by atoms with Crippen molar-refractivity contribution in [1.29, 1.82) is 5.26 Å². The molecule has 3 aromatic rings. The van der Waals surface area contributed by atoms with Gasteiger partial charge in [-0.25, -0.2) is 0 Å². The van der Waals surface area contributed by atoms with Crippen molar-refractivity contribution < 1.29 is 17.4 Å². The van der Waals surface area contributed by atoms with Crippen LogP contribution in [0.5, 0.6) is 5.75 Å². The monoisotopic (exact) mass is 397 g/mol. The Morgan fingerprint density at radius 2 is 1.37 bits per heavy atom. The van der Waals surface area contributed by atoms with Crippen LogP contribution in [0.15, 0.2) is 77.7 Å². The SMILES string of the molecule is N#Cc1ccc(S(=O)(=O)Oc2ccc(C(=O)c3ccc(Cl)cc3)cc2)cc1. The van der Waals surface area contributed by atoms with Gasteiger partial charge >= 0.3 is 10.1 Å². The van der Waals surface area contributed by atoms with Gasteiger partial charge in [0.25, 0.3) is 0 Å². The van der Waals surface area contributed by atoms with Crippen molar-refractivity contribution in [2.24, 2.45) is 0 Å². The highest BCUT2D eigenvalue weighted by Gasteiger charge is 2.17. The summed E-state index contributed by atoms with van der Waals surface area (Å²) in [6.45, 7) is 0. The number of nitriles is 1. The fourth-order valence-electron chi connectivity index (χ4n) is 2.30. The lowest BCUT2D eigenvalue weighted by atomic mass is 10.0. The maximum atomic E-state index is 12.4. The Bertz CT molecular complexity index is 1110. The third kappa shape index (κ3) is 4.34. The van der Waals surface area contributed by atoms with Crippen LogP contribution in [0.1, 0.15) is 21.5 Å². The van der Waals surface area contributed by atoms with E-state index in [1.807, 2.05) is 6.07 Å². The van der Waals surface area contributed by atoms with Gasteiger partial charge in [-0.2, -0.15) is 13.7 Å². The number of carbonyl (C=O) groups is 1. The first-order valence-electron chi connectivity index (χ1n) is 7.74. The zero-order valence-electron chi connectivity index (χ0n) is 13.8. The molecule has 0 heterocycles. The fourth-order valence-corrected chi connectivity index (χ4v) is 3.36. The van der Waals surface area contributed by atoms with E-state index in [4.69, 9.17) is 21.0 Å². The largest absolute Gasteiger partial charge is 0.379 e. The highest BCUT2D eigenvalue weighted by atomic mass is 35.5. The van der Waals surface area contributed by atoms with Gasteiger partial charge in [0.1, 0.15) is 10.6 Å². The summed E-state index contributed by atoms with van der Waals surface area (Å²) in [6, 6.07) is 19.6. The van der Waals surface area contributed by atoms with Crippen LogP contribution in [0.25, 0.3) is 0 Å². The predicted octanol–water partition coefficient (Wildman–Crippen LogP) is 4.21. The number of hydrogen-bond acceptors (Lipinski definition) is 5. The van der Waals surface area contributed by atoms with E-state index < -0.39 is 10.1 Å². The second kappa shape index (κ2) is 7.62. The zero-order chi connectivity index (χ0) is 19.4. The van der Waals surface area contributed by atoms with Crippen molar-refractivity contribution in [1.82, 2.24) is 0 Å². The molecule has 0 aromatic heterocycles. The first-order chi connectivity index (χ1) is 12.9. The Morgan fingerprint density at radius 3 is 1.89 bits per heavy atom. The van der Waals surface area contributed by atoms with E-state index >= 15 is 0 Å². The second-order valence-electron chi connectivity index (χ2n) is 5.53. The molecule has 7 heteroatoms. The number of nitrogens with zero attached hydrogens (tertiary/aromatic N) is 1. The van der Waals surface area contributed by atoms with Gasteiger partial charge in [-0.3, -0.25) is 4.79 Å². The van der Waals surface area contributed by atoms with Crippen LogP contribution in [-0.4, -0.2) is 14.2 Å². The average Bonchev–Trinajstić information content (AvgIpc) is 2.68. The van der Waals surface area contributed by atoms with Crippen molar-refractivity contribution in [3.8, 4) is 11.8 Å². The Hall–Kier alpha value is -3.14. The minimum absolute atomic E-state index is 0.0668. The van der Waals surface area contributed by atoms with Crippen LogP contribution in [0.3, 0.4) is 0 Å². The van der Waals surface area contributed by atoms with Crippen LogP contribution in [0.2, 0.25) is 5.02 Å². The topological polar surface area (TPSA) is 84.2 Å². The zero-order valence-corrected chi connectivity index (χ0v) is 15.4. The van der Waals surface area contributed by atoms with Crippen molar-refractivity contribution >= 4 is 27.5 Å². The van der Waals surface area contributed by atoms with Gasteiger partial charge in [0, 0.05) is 16.1 Å². The molecule has 0 spiro atoms. The summed E-state index contributed by atoms with van der Waals surface area (Å²) >= 11 is 5.81. The molecular formula is C20H12ClNO4S. The molecule has 0 aliphatic carbocycles. The summed E-state index contributed by atoms with van der Waals surface area (Å²) in [5.41, 5.74) is 1.21. The molecule has 5 nitrogen and oxygen atoms in total. The standard InChI is InChI=1S/C20H12ClNO4S/c21-17-7-3-15(4-8-17)20(23)16-5-9-18(10-6-16)26-27(24,25)19-11-1-14(13-22)2-12-19/h1-12H. The Kier molecular flexibility index (Phi) is 5.26. The molecule has 0 aliphatic heterocycles. The maximum absolute atomic E-state index is 12.4. The molecule has 0 saturated carbocycles. The van der Waals surface area contributed by atoms with Crippen molar-refractivity contribution in [3.63, 3.8) is 0 Å². The minimum Gasteiger partial charge on any atom is -0.379 e. The lowest BCUT2D eigenvalue weighted by Gasteiger charge is -2.08. The summed E-state index contributed by atoms with van der Waals surface area (Å²) in [5.74, 6) is -0.139. The van der Waals surface area contributed by atoms with E-state index in [-0.39, 0.29) is 16.4 Å². The molecule has 27 heavy (non-hydrogen) atoms. The molecule has 0 aliphatic rings. The number of carbonyl (C=O) groups excluding carboxylic acids is 1. The number of hydrogen-bond donors (Lipinski definition) is 0. The number of halogens is 1. The Morgan fingerprint density at radius 1 is 0.852 bits per heavy atom. The van der Waals surface area contributed by atoms with E-state index in [1.54, 1.807) is 24.3 Å². The fraction of sp³-hybridized carbons (Fsp3) is 0. The minimum atomic E-state index is -4.04. The third-order valence-electron chi connectivity index (χ3n) is 3.70. The van der Waals surface area contributed by atoms with E-state index in [0.717, 1.165) is 0 Å². The first-order valence-corrected chi connectivity index (χ1v) is 9.53. The van der Waals surface area contributed by atoms with Gasteiger partial charge in [-0.15, -0.1) is 0 Å². The average molecular weight is 398 g/mol. The third-order valence-corrected chi connectivity index (χ3v) is 5.21. The second-order valence-corrected chi connectivity index (χ2v) is 7.52. The van der Waals surface area contributed by atoms with Crippen LogP contribution in [0, 0.1) is 11.3 Å². The molecule has 3 aromatic carbocycles. The summed E-state index contributed by atoms with van der Waals surface area (Å²) < 4.78 is 29.7. The molecule has 0 N–H and O–H groups in total. The number of rotatable bonds is 5. The molecular weight excluding hydrogens is 386 g/mol. The van der Waals surface area contributed by atoms with Gasteiger partial charge in [0.15, 0.2) is 5.78 Å². The van der Waals surface area contributed by atoms with Gasteiger partial charge in [-0.05, 0) is 72.8 Å². The maximum Gasteiger partial charge on any atom is 0.339 e. The normalized spacial score (nSPS) is 10.8. The van der Waals surface area contributed by atoms with Gasteiger partial charge < -0.3 is 4.18 Å². The molecule has 0 atom stereocenters. The molecule has 0 fully saturated rings. The molecule has 134 valence electrons. The van der Waals surface area contributed by atoms with E-state index in [9.17, 15) is 13.2 Å². The highest BCUT2D eigenvalue weighted by Crippen LogP contribution is 2.21. The number of ketones is 1. The van der Waals surface area contributed by atoms with E-state index in [1.165, 1.54) is 48.5 Å². The molecule has 0 radical (unpaired) electrons.